The third-order valence-corrected chi connectivity index (χ3v) is 8.53. The van der Waals surface area contributed by atoms with Crippen molar-refractivity contribution in [1.29, 1.82) is 0 Å². The Bertz CT molecular complexity index is 1420. The number of hydrogen-bond acceptors (Lipinski definition) is 5. The number of ether oxygens (including phenoxy) is 1. The zero-order chi connectivity index (χ0) is 30.2. The lowest BCUT2D eigenvalue weighted by Gasteiger charge is -2.34. The lowest BCUT2D eigenvalue weighted by Crippen LogP contribution is -2.53. The number of benzene rings is 3. The Morgan fingerprint density at radius 1 is 0.902 bits per heavy atom. The van der Waals surface area contributed by atoms with E-state index in [-0.39, 0.29) is 23.4 Å². The van der Waals surface area contributed by atoms with Crippen LogP contribution in [0.5, 0.6) is 5.75 Å². The average Bonchev–Trinajstić information content (AvgIpc) is 2.93. The summed E-state index contributed by atoms with van der Waals surface area (Å²) in [5, 5.41) is 2.92. The SMILES string of the molecule is CCOc1ccc(S(=O)(=O)N(CC(=O)N(Cc2ccccc2C)[C@@H](CC)C(=O)NC(C)C)c2ccc(C)cc2)cc1. The number of hydrogen-bond donors (Lipinski definition) is 1. The van der Waals surface area contributed by atoms with Crippen molar-refractivity contribution in [1.82, 2.24) is 10.2 Å². The van der Waals surface area contributed by atoms with Crippen molar-refractivity contribution in [3.05, 3.63) is 89.5 Å². The summed E-state index contributed by atoms with van der Waals surface area (Å²) in [5.41, 5.74) is 3.17. The van der Waals surface area contributed by atoms with Crippen LogP contribution in [-0.4, -0.2) is 50.4 Å². The Labute approximate surface area is 244 Å². The molecule has 0 heterocycles. The van der Waals surface area contributed by atoms with Crippen molar-refractivity contribution in [2.24, 2.45) is 0 Å². The molecule has 1 N–H and O–H groups in total. The molecule has 3 rings (SSSR count). The molecule has 0 aliphatic carbocycles. The molecular weight excluding hydrogens is 538 g/mol. The Hall–Kier alpha value is -3.85. The van der Waals surface area contributed by atoms with Crippen LogP contribution in [0.4, 0.5) is 5.69 Å². The van der Waals surface area contributed by atoms with Crippen molar-refractivity contribution in [3.63, 3.8) is 0 Å². The van der Waals surface area contributed by atoms with Crippen LogP contribution in [0.15, 0.2) is 77.7 Å². The molecule has 220 valence electrons. The predicted octanol–water partition coefficient (Wildman–Crippen LogP) is 5.23. The molecule has 0 bridgehead atoms. The Balaban J connectivity index is 2.06. The van der Waals surface area contributed by atoms with Gasteiger partial charge in [0.1, 0.15) is 18.3 Å². The molecule has 0 aliphatic heterocycles. The van der Waals surface area contributed by atoms with E-state index in [2.05, 4.69) is 5.32 Å². The highest BCUT2D eigenvalue weighted by Gasteiger charge is 2.34. The van der Waals surface area contributed by atoms with Crippen LogP contribution in [0, 0.1) is 13.8 Å². The van der Waals surface area contributed by atoms with Crippen LogP contribution >= 0.6 is 0 Å². The van der Waals surface area contributed by atoms with Crippen LogP contribution in [0.1, 0.15) is 50.8 Å². The van der Waals surface area contributed by atoms with Gasteiger partial charge in [-0.3, -0.25) is 13.9 Å². The van der Waals surface area contributed by atoms with Gasteiger partial charge < -0.3 is 15.0 Å². The number of nitrogens with zero attached hydrogens (tertiary/aromatic N) is 2. The second-order valence-corrected chi connectivity index (χ2v) is 12.1. The van der Waals surface area contributed by atoms with Gasteiger partial charge in [0.2, 0.25) is 11.8 Å². The number of anilines is 1. The van der Waals surface area contributed by atoms with E-state index < -0.39 is 28.5 Å². The molecular formula is C32H41N3O5S. The van der Waals surface area contributed by atoms with E-state index in [0.29, 0.717) is 24.5 Å². The molecule has 0 saturated heterocycles. The summed E-state index contributed by atoms with van der Waals surface area (Å²) in [7, 11) is -4.15. The number of carbonyl (C=O) groups excluding carboxylic acids is 2. The maximum absolute atomic E-state index is 14.1. The molecule has 9 heteroatoms. The van der Waals surface area contributed by atoms with E-state index in [0.717, 1.165) is 21.0 Å². The molecule has 3 aromatic rings. The molecule has 0 fully saturated rings. The minimum absolute atomic E-state index is 0.0318. The van der Waals surface area contributed by atoms with E-state index in [1.165, 1.54) is 17.0 Å². The second-order valence-electron chi connectivity index (χ2n) is 10.3. The van der Waals surface area contributed by atoms with Gasteiger partial charge in [0.25, 0.3) is 10.0 Å². The normalized spacial score (nSPS) is 12.1. The molecule has 41 heavy (non-hydrogen) atoms. The quantitative estimate of drug-likeness (QED) is 0.299. The van der Waals surface area contributed by atoms with Crippen molar-refractivity contribution in [2.75, 3.05) is 17.5 Å². The molecule has 0 spiro atoms. The highest BCUT2D eigenvalue weighted by Crippen LogP contribution is 2.27. The molecule has 0 saturated carbocycles. The second kappa shape index (κ2) is 14.2. The van der Waals surface area contributed by atoms with Crippen LogP contribution in [0.3, 0.4) is 0 Å². The lowest BCUT2D eigenvalue weighted by atomic mass is 10.1. The first-order valence-electron chi connectivity index (χ1n) is 13.9. The van der Waals surface area contributed by atoms with Gasteiger partial charge in [-0.2, -0.15) is 0 Å². The molecule has 2 amide bonds. The van der Waals surface area contributed by atoms with Gasteiger partial charge in [0.05, 0.1) is 17.2 Å². The topological polar surface area (TPSA) is 96.0 Å². The van der Waals surface area contributed by atoms with Crippen molar-refractivity contribution >= 4 is 27.5 Å². The minimum atomic E-state index is -4.15. The van der Waals surface area contributed by atoms with Crippen molar-refractivity contribution in [2.45, 2.75) is 71.5 Å². The van der Waals surface area contributed by atoms with E-state index in [9.17, 15) is 18.0 Å². The zero-order valence-corrected chi connectivity index (χ0v) is 25.6. The first-order chi connectivity index (χ1) is 19.5. The maximum Gasteiger partial charge on any atom is 0.264 e. The number of sulfonamides is 1. The molecule has 0 radical (unpaired) electrons. The Morgan fingerprint density at radius 3 is 2.10 bits per heavy atom. The van der Waals surface area contributed by atoms with E-state index in [4.69, 9.17) is 4.74 Å². The standard InChI is InChI=1S/C32H41N3O5S/c1-7-30(32(37)33-23(3)4)34(21-26-12-10-9-11-25(26)6)31(36)22-35(27-15-13-24(5)14-16-27)41(38,39)29-19-17-28(18-20-29)40-8-2/h9-20,23,30H,7-8,21-22H2,1-6H3,(H,33,37)/t30-/m0/s1. The smallest absolute Gasteiger partial charge is 0.264 e. The summed E-state index contributed by atoms with van der Waals surface area (Å²) < 4.78 is 34.6. The van der Waals surface area contributed by atoms with Gasteiger partial charge in [-0.05, 0) is 88.6 Å². The molecule has 0 aliphatic rings. The highest BCUT2D eigenvalue weighted by atomic mass is 32.2. The Kier molecular flexibility index (Phi) is 10.9. The Morgan fingerprint density at radius 2 is 1.54 bits per heavy atom. The van der Waals surface area contributed by atoms with Gasteiger partial charge >= 0.3 is 0 Å². The number of rotatable bonds is 13. The molecule has 8 nitrogen and oxygen atoms in total. The summed E-state index contributed by atoms with van der Waals surface area (Å²) in [4.78, 5) is 28.9. The summed E-state index contributed by atoms with van der Waals surface area (Å²) in [6, 6.07) is 19.9. The predicted molar refractivity (Wildman–Crippen MR) is 162 cm³/mol. The van der Waals surface area contributed by atoms with Crippen LogP contribution in [-0.2, 0) is 26.2 Å². The first kappa shape index (κ1) is 31.7. The number of amides is 2. The van der Waals surface area contributed by atoms with Crippen LogP contribution < -0.4 is 14.4 Å². The summed E-state index contributed by atoms with van der Waals surface area (Å²) in [6.45, 7) is 11.4. The van der Waals surface area contributed by atoms with Crippen LogP contribution in [0.2, 0.25) is 0 Å². The first-order valence-corrected chi connectivity index (χ1v) is 15.4. The number of aryl methyl sites for hydroxylation is 2. The fourth-order valence-corrected chi connectivity index (χ4v) is 5.93. The molecule has 0 aromatic heterocycles. The van der Waals surface area contributed by atoms with Gasteiger partial charge in [0, 0.05) is 12.6 Å². The third kappa shape index (κ3) is 8.10. The fraction of sp³-hybridized carbons (Fsp3) is 0.375. The van der Waals surface area contributed by atoms with Gasteiger partial charge in [-0.1, -0.05) is 48.9 Å². The lowest BCUT2D eigenvalue weighted by molar-refractivity contribution is -0.140. The van der Waals surface area contributed by atoms with Gasteiger partial charge in [-0.15, -0.1) is 0 Å². The molecule has 0 unspecified atom stereocenters. The fourth-order valence-electron chi connectivity index (χ4n) is 4.51. The number of carbonyl (C=O) groups is 2. The summed E-state index contributed by atoms with van der Waals surface area (Å²) >= 11 is 0. The monoisotopic (exact) mass is 579 g/mol. The van der Waals surface area contributed by atoms with Crippen molar-refractivity contribution < 1.29 is 22.7 Å². The van der Waals surface area contributed by atoms with Crippen molar-refractivity contribution in [3.8, 4) is 5.75 Å². The third-order valence-electron chi connectivity index (χ3n) is 6.74. The van der Waals surface area contributed by atoms with Gasteiger partial charge in [-0.25, -0.2) is 8.42 Å². The highest BCUT2D eigenvalue weighted by molar-refractivity contribution is 7.92. The number of nitrogens with one attached hydrogen (secondary N) is 1. The molecule has 3 aromatic carbocycles. The zero-order valence-electron chi connectivity index (χ0n) is 24.8. The largest absolute Gasteiger partial charge is 0.494 e. The van der Waals surface area contributed by atoms with E-state index in [1.54, 1.807) is 36.4 Å². The minimum Gasteiger partial charge on any atom is -0.494 e. The molecule has 1 atom stereocenters. The van der Waals surface area contributed by atoms with E-state index >= 15 is 0 Å². The van der Waals surface area contributed by atoms with E-state index in [1.807, 2.05) is 65.8 Å². The van der Waals surface area contributed by atoms with Gasteiger partial charge in [0.15, 0.2) is 0 Å². The van der Waals surface area contributed by atoms with Crippen LogP contribution in [0.25, 0.3) is 0 Å². The summed E-state index contributed by atoms with van der Waals surface area (Å²) in [5.74, 6) is -0.203. The summed E-state index contributed by atoms with van der Waals surface area (Å²) in [6.07, 6.45) is 0.367. The average molecular weight is 580 g/mol. The maximum atomic E-state index is 14.1.